The Hall–Kier alpha value is -1.65. The van der Waals surface area contributed by atoms with E-state index in [2.05, 4.69) is 10.3 Å². The zero-order valence-corrected chi connectivity index (χ0v) is 11.5. The fourth-order valence-electron chi connectivity index (χ4n) is 1.96. The number of β-amino-alcohol motifs (C(OH)–C–C–N with tert-alkyl or cyclic N) is 1. The highest BCUT2D eigenvalue weighted by Crippen LogP contribution is 2.28. The van der Waals surface area contributed by atoms with Crippen molar-refractivity contribution in [2.24, 2.45) is 0 Å². The van der Waals surface area contributed by atoms with E-state index in [0.29, 0.717) is 17.6 Å². The van der Waals surface area contributed by atoms with Gasteiger partial charge in [0.05, 0.1) is 11.9 Å². The number of aromatic nitrogens is 1. The lowest BCUT2D eigenvalue weighted by molar-refractivity contribution is 0.160. The molecule has 0 aliphatic rings. The van der Waals surface area contributed by atoms with Crippen LogP contribution in [0.25, 0.3) is 10.8 Å². The molecule has 1 heterocycles. The molecule has 0 aliphatic carbocycles. The van der Waals surface area contributed by atoms with Crippen LogP contribution in [0.3, 0.4) is 0 Å². The van der Waals surface area contributed by atoms with Crippen molar-refractivity contribution in [2.75, 3.05) is 6.54 Å². The smallest absolute Gasteiger partial charge is 0.141 e. The summed E-state index contributed by atoms with van der Waals surface area (Å²) in [5, 5.41) is 24.8. The maximum atomic E-state index is 10.3. The van der Waals surface area contributed by atoms with Crippen molar-refractivity contribution in [3.05, 3.63) is 36.2 Å². The fourth-order valence-corrected chi connectivity index (χ4v) is 1.96. The third kappa shape index (κ3) is 3.22. The predicted octanol–water partition coefficient (Wildman–Crippen LogP) is 2.36. The summed E-state index contributed by atoms with van der Waals surface area (Å²) in [4.78, 5) is 4.17. The molecule has 0 amide bonds. The lowest BCUT2D eigenvalue weighted by Gasteiger charge is -2.23. The Morgan fingerprint density at radius 1 is 1.21 bits per heavy atom. The van der Waals surface area contributed by atoms with Gasteiger partial charge in [0, 0.05) is 22.9 Å². The summed E-state index contributed by atoms with van der Waals surface area (Å²) in [5.41, 5.74) is 0.526. The number of fused-ring (bicyclic) bond motifs is 1. The summed E-state index contributed by atoms with van der Waals surface area (Å²) < 4.78 is 0. The van der Waals surface area contributed by atoms with Crippen molar-refractivity contribution in [1.29, 1.82) is 0 Å². The summed E-state index contributed by atoms with van der Waals surface area (Å²) in [5.74, 6) is 0.135. The molecule has 0 saturated carbocycles. The fraction of sp³-hybridized carbons (Fsp3) is 0.400. The van der Waals surface area contributed by atoms with Gasteiger partial charge in [-0.2, -0.15) is 0 Å². The zero-order chi connectivity index (χ0) is 14.0. The molecule has 0 bridgehead atoms. The van der Waals surface area contributed by atoms with E-state index in [1.165, 1.54) is 6.20 Å². The van der Waals surface area contributed by atoms with Gasteiger partial charge in [-0.1, -0.05) is 24.3 Å². The molecule has 1 atom stereocenters. The molecular formula is C15H20N2O2. The number of aliphatic hydroxyl groups is 1. The Morgan fingerprint density at radius 2 is 1.84 bits per heavy atom. The van der Waals surface area contributed by atoms with Gasteiger partial charge in [0.2, 0.25) is 0 Å². The first-order valence-electron chi connectivity index (χ1n) is 6.38. The average Bonchev–Trinajstić information content (AvgIpc) is 2.36. The molecule has 4 nitrogen and oxygen atoms in total. The molecule has 1 aromatic carbocycles. The van der Waals surface area contributed by atoms with E-state index in [0.717, 1.165) is 5.39 Å². The monoisotopic (exact) mass is 260 g/mol. The summed E-state index contributed by atoms with van der Waals surface area (Å²) in [6, 6.07) is 7.40. The number of aliphatic hydroxyl groups excluding tert-OH is 1. The molecule has 0 unspecified atom stereocenters. The molecule has 2 rings (SSSR count). The van der Waals surface area contributed by atoms with Crippen LogP contribution in [-0.4, -0.2) is 27.3 Å². The second-order valence-corrected chi connectivity index (χ2v) is 5.72. The molecule has 3 N–H and O–H groups in total. The minimum Gasteiger partial charge on any atom is -0.506 e. The molecule has 0 radical (unpaired) electrons. The van der Waals surface area contributed by atoms with Gasteiger partial charge < -0.3 is 15.5 Å². The summed E-state index contributed by atoms with van der Waals surface area (Å²) in [6.07, 6.45) is 0.683. The van der Waals surface area contributed by atoms with Gasteiger partial charge in [0.25, 0.3) is 0 Å². The minimum absolute atomic E-state index is 0.0618. The lowest BCUT2D eigenvalue weighted by Crippen LogP contribution is -2.38. The van der Waals surface area contributed by atoms with Crippen LogP contribution < -0.4 is 5.32 Å². The number of nitrogens with zero attached hydrogens (tertiary/aromatic N) is 1. The van der Waals surface area contributed by atoms with E-state index < -0.39 is 6.10 Å². The maximum Gasteiger partial charge on any atom is 0.141 e. The van der Waals surface area contributed by atoms with Crippen molar-refractivity contribution in [1.82, 2.24) is 10.3 Å². The highest BCUT2D eigenvalue weighted by atomic mass is 16.3. The minimum atomic E-state index is -0.704. The van der Waals surface area contributed by atoms with Gasteiger partial charge in [-0.3, -0.25) is 4.98 Å². The SMILES string of the molecule is CC(C)(C)NC[C@H](O)c1ncc(O)c2ccccc12. The Bertz CT molecular complexity index is 576. The summed E-state index contributed by atoms with van der Waals surface area (Å²) >= 11 is 0. The normalized spacial score (nSPS) is 13.7. The highest BCUT2D eigenvalue weighted by molar-refractivity contribution is 5.89. The van der Waals surface area contributed by atoms with Crippen LogP contribution in [-0.2, 0) is 0 Å². The van der Waals surface area contributed by atoms with Gasteiger partial charge in [0.1, 0.15) is 11.9 Å². The van der Waals surface area contributed by atoms with Crippen LogP contribution in [0.4, 0.5) is 0 Å². The van der Waals surface area contributed by atoms with Crippen molar-refractivity contribution in [3.63, 3.8) is 0 Å². The largest absolute Gasteiger partial charge is 0.506 e. The van der Waals surface area contributed by atoms with Gasteiger partial charge in [-0.25, -0.2) is 0 Å². The Balaban J connectivity index is 2.32. The maximum absolute atomic E-state index is 10.3. The number of aromatic hydroxyl groups is 1. The van der Waals surface area contributed by atoms with Crippen LogP contribution >= 0.6 is 0 Å². The average molecular weight is 260 g/mol. The number of nitrogens with one attached hydrogen (secondary N) is 1. The van der Waals surface area contributed by atoms with Crippen molar-refractivity contribution < 1.29 is 10.2 Å². The predicted molar refractivity (Wildman–Crippen MR) is 76.1 cm³/mol. The Labute approximate surface area is 113 Å². The zero-order valence-electron chi connectivity index (χ0n) is 11.5. The van der Waals surface area contributed by atoms with Gasteiger partial charge in [0.15, 0.2) is 0 Å². The lowest BCUT2D eigenvalue weighted by atomic mass is 10.0. The molecule has 0 saturated heterocycles. The van der Waals surface area contributed by atoms with Gasteiger partial charge >= 0.3 is 0 Å². The Kier molecular flexibility index (Phi) is 3.73. The first-order chi connectivity index (χ1) is 8.88. The van der Waals surface area contributed by atoms with Crippen molar-refractivity contribution >= 4 is 10.8 Å². The molecule has 0 aliphatic heterocycles. The van der Waals surface area contributed by atoms with Crippen molar-refractivity contribution in [2.45, 2.75) is 32.4 Å². The quantitative estimate of drug-likeness (QED) is 0.792. The van der Waals surface area contributed by atoms with E-state index in [4.69, 9.17) is 0 Å². The van der Waals surface area contributed by atoms with Crippen molar-refractivity contribution in [3.8, 4) is 5.75 Å². The Morgan fingerprint density at radius 3 is 2.47 bits per heavy atom. The van der Waals surface area contributed by atoms with Crippen LogP contribution in [0.2, 0.25) is 0 Å². The highest BCUT2D eigenvalue weighted by Gasteiger charge is 2.17. The second kappa shape index (κ2) is 5.15. The number of hydrogen-bond donors (Lipinski definition) is 3. The summed E-state index contributed by atoms with van der Waals surface area (Å²) in [7, 11) is 0. The number of benzene rings is 1. The third-order valence-corrected chi connectivity index (χ3v) is 2.95. The van der Waals surface area contributed by atoms with Crippen LogP contribution in [0, 0.1) is 0 Å². The molecule has 102 valence electrons. The van der Waals surface area contributed by atoms with Crippen LogP contribution in [0.15, 0.2) is 30.5 Å². The van der Waals surface area contributed by atoms with Crippen LogP contribution in [0.1, 0.15) is 32.6 Å². The van der Waals surface area contributed by atoms with E-state index in [1.54, 1.807) is 0 Å². The third-order valence-electron chi connectivity index (χ3n) is 2.95. The summed E-state index contributed by atoms with van der Waals surface area (Å²) in [6.45, 7) is 6.55. The molecule has 1 aromatic heterocycles. The molecule has 0 spiro atoms. The first-order valence-corrected chi connectivity index (χ1v) is 6.38. The van der Waals surface area contributed by atoms with E-state index in [-0.39, 0.29) is 11.3 Å². The van der Waals surface area contributed by atoms with E-state index in [9.17, 15) is 10.2 Å². The molecule has 2 aromatic rings. The van der Waals surface area contributed by atoms with Gasteiger partial charge in [-0.05, 0) is 20.8 Å². The molecule has 0 fully saturated rings. The van der Waals surface area contributed by atoms with Crippen LogP contribution in [0.5, 0.6) is 5.75 Å². The standard InChI is InChI=1S/C15H20N2O2/c1-15(2,3)17-9-13(19)14-11-7-5-4-6-10(11)12(18)8-16-14/h4-8,13,17-19H,9H2,1-3H3/t13-/m0/s1. The molecule has 4 heteroatoms. The number of rotatable bonds is 3. The first kappa shape index (κ1) is 13.8. The number of hydrogen-bond acceptors (Lipinski definition) is 4. The molecular weight excluding hydrogens is 240 g/mol. The second-order valence-electron chi connectivity index (χ2n) is 5.72. The van der Waals surface area contributed by atoms with E-state index in [1.807, 2.05) is 45.0 Å². The number of pyridine rings is 1. The van der Waals surface area contributed by atoms with Gasteiger partial charge in [-0.15, -0.1) is 0 Å². The molecule has 19 heavy (non-hydrogen) atoms. The van der Waals surface area contributed by atoms with E-state index >= 15 is 0 Å². The topological polar surface area (TPSA) is 65.4 Å².